The zero-order valence-electron chi connectivity index (χ0n) is 8.16. The third kappa shape index (κ3) is 3.57. The lowest BCUT2D eigenvalue weighted by Gasteiger charge is -2.13. The monoisotopic (exact) mass is 178 g/mol. The minimum Gasteiger partial charge on any atom is -0.330 e. The highest BCUT2D eigenvalue weighted by Crippen LogP contribution is 2.10. The van der Waals surface area contributed by atoms with E-state index >= 15 is 0 Å². The molecule has 0 radical (unpaired) electrons. The van der Waals surface area contributed by atoms with E-state index in [0.717, 1.165) is 19.5 Å². The van der Waals surface area contributed by atoms with Crippen LogP contribution in [0.25, 0.3) is 0 Å². The normalized spacial score (nSPS) is 12.8. The van der Waals surface area contributed by atoms with Crippen LogP contribution in [0.1, 0.15) is 24.9 Å². The van der Waals surface area contributed by atoms with Gasteiger partial charge in [0.15, 0.2) is 0 Å². The Kier molecular flexibility index (Phi) is 4.50. The summed E-state index contributed by atoms with van der Waals surface area (Å²) in [6, 6.07) is 10.9. The molecule has 0 unspecified atom stereocenters. The van der Waals surface area contributed by atoms with Gasteiger partial charge in [-0.3, -0.25) is 0 Å². The summed E-state index contributed by atoms with van der Waals surface area (Å²) in [5.74, 6) is 0. The van der Waals surface area contributed by atoms with Crippen LogP contribution in [0.2, 0.25) is 0 Å². The summed E-state index contributed by atoms with van der Waals surface area (Å²) >= 11 is 0. The van der Waals surface area contributed by atoms with Crippen LogP contribution < -0.4 is 11.1 Å². The van der Waals surface area contributed by atoms with Gasteiger partial charge < -0.3 is 11.1 Å². The van der Waals surface area contributed by atoms with Gasteiger partial charge >= 0.3 is 0 Å². The van der Waals surface area contributed by atoms with Gasteiger partial charge in [-0.25, -0.2) is 0 Å². The molecule has 0 spiro atoms. The standard InChI is InChI=1S/C11H18N2/c1-10(13-9-5-8-12)11-6-3-2-4-7-11/h2-4,6-7,10,13H,5,8-9,12H2,1H3/t10-/m1/s1. The number of nitrogens with two attached hydrogens (primary N) is 1. The zero-order valence-corrected chi connectivity index (χ0v) is 8.16. The molecule has 1 aromatic carbocycles. The second kappa shape index (κ2) is 5.73. The van der Waals surface area contributed by atoms with E-state index in [4.69, 9.17) is 5.73 Å². The second-order valence-corrected chi connectivity index (χ2v) is 3.23. The van der Waals surface area contributed by atoms with E-state index in [9.17, 15) is 0 Å². The van der Waals surface area contributed by atoms with Crippen molar-refractivity contribution >= 4 is 0 Å². The van der Waals surface area contributed by atoms with E-state index in [0.29, 0.717) is 6.04 Å². The van der Waals surface area contributed by atoms with E-state index in [1.54, 1.807) is 0 Å². The minimum atomic E-state index is 0.424. The molecule has 0 aliphatic heterocycles. The van der Waals surface area contributed by atoms with Gasteiger partial charge in [-0.1, -0.05) is 30.3 Å². The zero-order chi connectivity index (χ0) is 9.52. The van der Waals surface area contributed by atoms with Crippen LogP contribution in [-0.4, -0.2) is 13.1 Å². The Morgan fingerprint density at radius 1 is 1.31 bits per heavy atom. The molecule has 1 aromatic rings. The summed E-state index contributed by atoms with van der Waals surface area (Å²) in [5.41, 5.74) is 6.75. The molecule has 0 amide bonds. The van der Waals surface area contributed by atoms with E-state index in [1.807, 2.05) is 6.07 Å². The van der Waals surface area contributed by atoms with Crippen molar-refractivity contribution in [1.29, 1.82) is 0 Å². The second-order valence-electron chi connectivity index (χ2n) is 3.23. The first-order valence-electron chi connectivity index (χ1n) is 4.83. The molecule has 0 aliphatic rings. The third-order valence-corrected chi connectivity index (χ3v) is 2.13. The molecule has 0 saturated heterocycles. The largest absolute Gasteiger partial charge is 0.330 e. The van der Waals surface area contributed by atoms with Gasteiger partial charge in [0.2, 0.25) is 0 Å². The number of rotatable bonds is 5. The molecular formula is C11H18N2. The number of hydrogen-bond donors (Lipinski definition) is 2. The Hall–Kier alpha value is -0.860. The Bertz CT molecular complexity index is 221. The highest BCUT2D eigenvalue weighted by atomic mass is 14.9. The van der Waals surface area contributed by atoms with Crippen LogP contribution in [0.5, 0.6) is 0 Å². The first-order chi connectivity index (χ1) is 6.34. The van der Waals surface area contributed by atoms with E-state index in [2.05, 4.69) is 36.5 Å². The van der Waals surface area contributed by atoms with Crippen molar-refractivity contribution in [2.45, 2.75) is 19.4 Å². The first kappa shape index (κ1) is 10.2. The Balaban J connectivity index is 2.35. The van der Waals surface area contributed by atoms with Crippen molar-refractivity contribution < 1.29 is 0 Å². The maximum atomic E-state index is 5.41. The fraction of sp³-hybridized carbons (Fsp3) is 0.455. The van der Waals surface area contributed by atoms with Crippen LogP contribution in [-0.2, 0) is 0 Å². The van der Waals surface area contributed by atoms with Crippen LogP contribution in [0, 0.1) is 0 Å². The van der Waals surface area contributed by atoms with Gasteiger partial charge in [-0.2, -0.15) is 0 Å². The maximum absolute atomic E-state index is 5.41. The van der Waals surface area contributed by atoms with Crippen LogP contribution >= 0.6 is 0 Å². The lowest BCUT2D eigenvalue weighted by atomic mass is 10.1. The molecule has 0 aliphatic carbocycles. The number of hydrogen-bond acceptors (Lipinski definition) is 2. The number of benzene rings is 1. The summed E-state index contributed by atoms with van der Waals surface area (Å²) in [6.07, 6.45) is 1.04. The molecule has 0 aromatic heterocycles. The fourth-order valence-corrected chi connectivity index (χ4v) is 1.28. The molecule has 0 saturated carbocycles. The average molecular weight is 178 g/mol. The van der Waals surface area contributed by atoms with Crippen molar-refractivity contribution in [1.82, 2.24) is 5.32 Å². The molecule has 3 N–H and O–H groups in total. The van der Waals surface area contributed by atoms with E-state index in [1.165, 1.54) is 5.56 Å². The quantitative estimate of drug-likeness (QED) is 0.673. The van der Waals surface area contributed by atoms with Gasteiger partial charge in [-0.05, 0) is 32.0 Å². The van der Waals surface area contributed by atoms with Gasteiger partial charge in [0.05, 0.1) is 0 Å². The molecular weight excluding hydrogens is 160 g/mol. The summed E-state index contributed by atoms with van der Waals surface area (Å²) < 4.78 is 0. The van der Waals surface area contributed by atoms with Crippen LogP contribution in [0.3, 0.4) is 0 Å². The lowest BCUT2D eigenvalue weighted by molar-refractivity contribution is 0.562. The molecule has 0 fully saturated rings. The topological polar surface area (TPSA) is 38.0 Å². The molecule has 2 nitrogen and oxygen atoms in total. The van der Waals surface area contributed by atoms with Crippen molar-refractivity contribution in [3.8, 4) is 0 Å². The van der Waals surface area contributed by atoms with Gasteiger partial charge in [0.25, 0.3) is 0 Å². The van der Waals surface area contributed by atoms with Crippen molar-refractivity contribution in [3.63, 3.8) is 0 Å². The van der Waals surface area contributed by atoms with Crippen molar-refractivity contribution in [3.05, 3.63) is 35.9 Å². The van der Waals surface area contributed by atoms with Crippen LogP contribution in [0.15, 0.2) is 30.3 Å². The summed E-state index contributed by atoms with van der Waals surface area (Å²) in [4.78, 5) is 0. The van der Waals surface area contributed by atoms with E-state index < -0.39 is 0 Å². The molecule has 0 heterocycles. The molecule has 0 bridgehead atoms. The van der Waals surface area contributed by atoms with Crippen LogP contribution in [0.4, 0.5) is 0 Å². The minimum absolute atomic E-state index is 0.424. The molecule has 1 atom stereocenters. The average Bonchev–Trinajstić information content (AvgIpc) is 2.19. The first-order valence-corrected chi connectivity index (χ1v) is 4.83. The molecule has 1 rings (SSSR count). The third-order valence-electron chi connectivity index (χ3n) is 2.13. The highest BCUT2D eigenvalue weighted by Gasteiger charge is 2.01. The molecule has 72 valence electrons. The van der Waals surface area contributed by atoms with E-state index in [-0.39, 0.29) is 0 Å². The fourth-order valence-electron chi connectivity index (χ4n) is 1.28. The van der Waals surface area contributed by atoms with Crippen molar-refractivity contribution in [2.75, 3.05) is 13.1 Å². The predicted octanol–water partition coefficient (Wildman–Crippen LogP) is 1.69. The predicted molar refractivity (Wildman–Crippen MR) is 56.5 cm³/mol. The summed E-state index contributed by atoms with van der Waals surface area (Å²) in [7, 11) is 0. The Morgan fingerprint density at radius 2 is 2.00 bits per heavy atom. The number of nitrogens with one attached hydrogen (secondary N) is 1. The SMILES string of the molecule is C[C@@H](NCCCN)c1ccccc1. The maximum Gasteiger partial charge on any atom is 0.0291 e. The summed E-state index contributed by atoms with van der Waals surface area (Å²) in [5, 5.41) is 3.42. The molecule has 2 heteroatoms. The van der Waals surface area contributed by atoms with Gasteiger partial charge in [-0.15, -0.1) is 0 Å². The molecule has 13 heavy (non-hydrogen) atoms. The van der Waals surface area contributed by atoms with Crippen molar-refractivity contribution in [2.24, 2.45) is 5.73 Å². The van der Waals surface area contributed by atoms with Gasteiger partial charge in [0.1, 0.15) is 0 Å². The lowest BCUT2D eigenvalue weighted by Crippen LogP contribution is -2.21. The summed E-state index contributed by atoms with van der Waals surface area (Å²) in [6.45, 7) is 3.92. The van der Waals surface area contributed by atoms with Gasteiger partial charge in [0, 0.05) is 6.04 Å². The Morgan fingerprint density at radius 3 is 2.62 bits per heavy atom. The smallest absolute Gasteiger partial charge is 0.0291 e. The Labute approximate surface area is 80.1 Å². The highest BCUT2D eigenvalue weighted by molar-refractivity contribution is 5.17.